The molecular weight excluding hydrogens is 317 g/mol. The van der Waals surface area contributed by atoms with Crippen molar-refractivity contribution in [2.45, 2.75) is 38.6 Å². The standard InChI is InChI=1S/C16H22FN3O4/c1-3-5-15(21)18-11-6-4-7-19(10-11)14-9-12(24-2)8-13(17)16(14)20(22)23/h8-9,11H,3-7,10H2,1-2H3,(H,18,21). The molecule has 2 rings (SSSR count). The van der Waals surface area contributed by atoms with Crippen LogP contribution in [0.5, 0.6) is 5.75 Å². The number of benzene rings is 1. The van der Waals surface area contributed by atoms with Gasteiger partial charge in [-0.1, -0.05) is 6.92 Å². The number of carbonyl (C=O) groups is 1. The van der Waals surface area contributed by atoms with Crippen molar-refractivity contribution < 1.29 is 18.8 Å². The van der Waals surface area contributed by atoms with Crippen LogP contribution < -0.4 is 15.0 Å². The second-order valence-corrected chi connectivity index (χ2v) is 5.84. The zero-order valence-electron chi connectivity index (χ0n) is 13.9. The van der Waals surface area contributed by atoms with Crippen LogP contribution in [0.15, 0.2) is 12.1 Å². The van der Waals surface area contributed by atoms with E-state index in [9.17, 15) is 19.3 Å². The van der Waals surface area contributed by atoms with Gasteiger partial charge in [0.15, 0.2) is 0 Å². The molecule has 0 saturated carbocycles. The van der Waals surface area contributed by atoms with E-state index in [0.717, 1.165) is 25.3 Å². The second-order valence-electron chi connectivity index (χ2n) is 5.84. The molecule has 0 bridgehead atoms. The summed E-state index contributed by atoms with van der Waals surface area (Å²) in [6.45, 7) is 2.89. The summed E-state index contributed by atoms with van der Waals surface area (Å²) in [6, 6.07) is 2.37. The van der Waals surface area contributed by atoms with Crippen molar-refractivity contribution in [1.29, 1.82) is 0 Å². The number of nitrogens with one attached hydrogen (secondary N) is 1. The number of piperidine rings is 1. The molecule has 0 aliphatic carbocycles. The van der Waals surface area contributed by atoms with Crippen LogP contribution in [0.2, 0.25) is 0 Å². The summed E-state index contributed by atoms with van der Waals surface area (Å²) in [5, 5.41) is 14.2. The van der Waals surface area contributed by atoms with Gasteiger partial charge in [-0.2, -0.15) is 4.39 Å². The van der Waals surface area contributed by atoms with E-state index in [1.54, 1.807) is 4.90 Å². The Balaban J connectivity index is 2.25. The van der Waals surface area contributed by atoms with Crippen LogP contribution in [0, 0.1) is 15.9 Å². The van der Waals surface area contributed by atoms with Gasteiger partial charge in [-0.05, 0) is 19.3 Å². The lowest BCUT2D eigenvalue weighted by atomic mass is 10.0. The number of halogens is 1. The van der Waals surface area contributed by atoms with Crippen LogP contribution in [-0.2, 0) is 4.79 Å². The minimum absolute atomic E-state index is 0.0318. The number of rotatable bonds is 6. The number of nitrogens with zero attached hydrogens (tertiary/aromatic N) is 2. The number of hydrogen-bond acceptors (Lipinski definition) is 5. The Morgan fingerprint density at radius 1 is 1.54 bits per heavy atom. The molecule has 0 aromatic heterocycles. The third-order valence-electron chi connectivity index (χ3n) is 4.04. The monoisotopic (exact) mass is 339 g/mol. The molecule has 1 atom stereocenters. The molecule has 1 N–H and O–H groups in total. The molecule has 0 radical (unpaired) electrons. The Kier molecular flexibility index (Phi) is 5.94. The van der Waals surface area contributed by atoms with Gasteiger partial charge in [-0.25, -0.2) is 0 Å². The summed E-state index contributed by atoms with van der Waals surface area (Å²) in [5.41, 5.74) is -0.373. The Hall–Kier alpha value is -2.38. The van der Waals surface area contributed by atoms with Gasteiger partial charge < -0.3 is 15.0 Å². The van der Waals surface area contributed by atoms with Gasteiger partial charge in [0.2, 0.25) is 11.7 Å². The molecule has 1 amide bonds. The molecule has 1 aliphatic heterocycles. The maximum Gasteiger partial charge on any atom is 0.328 e. The number of hydrogen-bond donors (Lipinski definition) is 1. The molecule has 24 heavy (non-hydrogen) atoms. The van der Waals surface area contributed by atoms with Gasteiger partial charge in [0.05, 0.1) is 12.0 Å². The number of methoxy groups -OCH3 is 1. The second kappa shape index (κ2) is 7.94. The highest BCUT2D eigenvalue weighted by Crippen LogP contribution is 2.36. The normalized spacial score (nSPS) is 17.5. The quantitative estimate of drug-likeness (QED) is 0.636. The van der Waals surface area contributed by atoms with Gasteiger partial charge in [0.1, 0.15) is 11.4 Å². The molecule has 7 nitrogen and oxygen atoms in total. The fourth-order valence-electron chi connectivity index (χ4n) is 2.94. The van der Waals surface area contributed by atoms with Crippen molar-refractivity contribution in [2.24, 2.45) is 0 Å². The minimum Gasteiger partial charge on any atom is -0.497 e. The molecule has 1 unspecified atom stereocenters. The highest BCUT2D eigenvalue weighted by Gasteiger charge is 2.30. The van der Waals surface area contributed by atoms with E-state index in [1.807, 2.05) is 6.92 Å². The van der Waals surface area contributed by atoms with E-state index >= 15 is 0 Å². The summed E-state index contributed by atoms with van der Waals surface area (Å²) in [7, 11) is 1.38. The fourth-order valence-corrected chi connectivity index (χ4v) is 2.94. The van der Waals surface area contributed by atoms with Crippen molar-refractivity contribution in [3.63, 3.8) is 0 Å². The number of nitro groups is 1. The average Bonchev–Trinajstić information content (AvgIpc) is 2.54. The number of anilines is 1. The lowest BCUT2D eigenvalue weighted by molar-refractivity contribution is -0.386. The van der Waals surface area contributed by atoms with Crippen LogP contribution in [0.1, 0.15) is 32.6 Å². The van der Waals surface area contributed by atoms with E-state index in [0.29, 0.717) is 19.5 Å². The molecule has 0 spiro atoms. The third-order valence-corrected chi connectivity index (χ3v) is 4.04. The minimum atomic E-state index is -0.925. The molecule has 1 aromatic carbocycles. The first kappa shape index (κ1) is 18.0. The van der Waals surface area contributed by atoms with Crippen LogP contribution in [0.25, 0.3) is 0 Å². The summed E-state index contributed by atoms with van der Waals surface area (Å²) in [5.74, 6) is -0.729. The molecule has 1 fully saturated rings. The van der Waals surface area contributed by atoms with E-state index in [4.69, 9.17) is 4.74 Å². The van der Waals surface area contributed by atoms with Crippen LogP contribution in [0.4, 0.5) is 15.8 Å². The first-order valence-corrected chi connectivity index (χ1v) is 8.02. The topological polar surface area (TPSA) is 84.7 Å². The average molecular weight is 339 g/mol. The first-order chi connectivity index (χ1) is 11.5. The summed E-state index contributed by atoms with van der Waals surface area (Å²) in [4.78, 5) is 24.0. The van der Waals surface area contributed by atoms with Crippen molar-refractivity contribution in [3.8, 4) is 5.75 Å². The Labute approximate surface area is 139 Å². The van der Waals surface area contributed by atoms with Gasteiger partial charge in [-0.3, -0.25) is 14.9 Å². The lowest BCUT2D eigenvalue weighted by Gasteiger charge is -2.34. The van der Waals surface area contributed by atoms with Crippen molar-refractivity contribution >= 4 is 17.3 Å². The van der Waals surface area contributed by atoms with E-state index < -0.39 is 16.4 Å². The van der Waals surface area contributed by atoms with Crippen LogP contribution in [0.3, 0.4) is 0 Å². The van der Waals surface area contributed by atoms with Gasteiger partial charge in [0.25, 0.3) is 0 Å². The molecule has 132 valence electrons. The van der Waals surface area contributed by atoms with Crippen LogP contribution in [-0.4, -0.2) is 37.1 Å². The van der Waals surface area contributed by atoms with Gasteiger partial charge >= 0.3 is 5.69 Å². The molecule has 1 saturated heterocycles. The zero-order valence-corrected chi connectivity index (χ0v) is 13.9. The number of carbonyl (C=O) groups excluding carboxylic acids is 1. The molecule has 1 heterocycles. The number of amides is 1. The van der Waals surface area contributed by atoms with Gasteiger partial charge in [-0.15, -0.1) is 0 Å². The lowest BCUT2D eigenvalue weighted by Crippen LogP contribution is -2.48. The maximum absolute atomic E-state index is 14.1. The first-order valence-electron chi connectivity index (χ1n) is 8.02. The molecule has 1 aromatic rings. The Morgan fingerprint density at radius 3 is 2.92 bits per heavy atom. The number of ether oxygens (including phenoxy) is 1. The van der Waals surface area contributed by atoms with E-state index in [-0.39, 0.29) is 23.4 Å². The smallest absolute Gasteiger partial charge is 0.328 e. The largest absolute Gasteiger partial charge is 0.497 e. The van der Waals surface area contributed by atoms with Crippen molar-refractivity contribution in [1.82, 2.24) is 5.32 Å². The predicted octanol–water partition coefficient (Wildman–Crippen LogP) is 2.63. The number of nitro benzene ring substituents is 1. The molecular formula is C16H22FN3O4. The zero-order chi connectivity index (χ0) is 17.7. The summed E-state index contributed by atoms with van der Waals surface area (Å²) >= 11 is 0. The fraction of sp³-hybridized carbons (Fsp3) is 0.562. The Bertz CT molecular complexity index is 624. The van der Waals surface area contributed by atoms with E-state index in [1.165, 1.54) is 13.2 Å². The van der Waals surface area contributed by atoms with Crippen LogP contribution >= 0.6 is 0 Å². The maximum atomic E-state index is 14.1. The molecule has 8 heteroatoms. The SMILES string of the molecule is CCCC(=O)NC1CCCN(c2cc(OC)cc(F)c2[N+](=O)[O-])C1. The highest BCUT2D eigenvalue weighted by atomic mass is 19.1. The summed E-state index contributed by atoms with van der Waals surface area (Å²) in [6.07, 6.45) is 2.76. The van der Waals surface area contributed by atoms with Crippen molar-refractivity contribution in [3.05, 3.63) is 28.1 Å². The van der Waals surface area contributed by atoms with Crippen molar-refractivity contribution in [2.75, 3.05) is 25.1 Å². The summed E-state index contributed by atoms with van der Waals surface area (Å²) < 4.78 is 19.1. The highest BCUT2D eigenvalue weighted by molar-refractivity contribution is 5.76. The molecule has 1 aliphatic rings. The van der Waals surface area contributed by atoms with Gasteiger partial charge in [0, 0.05) is 37.7 Å². The third kappa shape index (κ3) is 4.12. The predicted molar refractivity (Wildman–Crippen MR) is 87.9 cm³/mol. The van der Waals surface area contributed by atoms with E-state index in [2.05, 4.69) is 5.32 Å². The Morgan fingerprint density at radius 2 is 2.29 bits per heavy atom.